The lowest BCUT2D eigenvalue weighted by Gasteiger charge is -2.26. The molecule has 1 atom stereocenters. The van der Waals surface area contributed by atoms with Gasteiger partial charge in [0.15, 0.2) is 23.6 Å². The van der Waals surface area contributed by atoms with Crippen molar-refractivity contribution in [2.24, 2.45) is 5.92 Å². The molecule has 3 rings (SSSR count). The second kappa shape index (κ2) is 6.09. The zero-order valence-electron chi connectivity index (χ0n) is 12.6. The van der Waals surface area contributed by atoms with Crippen LogP contribution in [0.15, 0.2) is 29.0 Å². The first-order valence-electron chi connectivity index (χ1n) is 7.16. The summed E-state index contributed by atoms with van der Waals surface area (Å²) in [5.74, 6) is 2.07. The van der Waals surface area contributed by atoms with Crippen LogP contribution in [0.2, 0.25) is 0 Å². The molecule has 1 amide bonds. The molecule has 2 heterocycles. The molecule has 0 spiro atoms. The van der Waals surface area contributed by atoms with E-state index in [1.165, 1.54) is 6.39 Å². The first-order valence-corrected chi connectivity index (χ1v) is 7.16. The predicted octanol–water partition coefficient (Wildman–Crippen LogP) is 1.97. The number of aryl methyl sites for hydroxylation is 1. The van der Waals surface area contributed by atoms with E-state index in [0.29, 0.717) is 24.6 Å². The van der Waals surface area contributed by atoms with Crippen LogP contribution < -0.4 is 14.8 Å². The topological polar surface area (TPSA) is 73.6 Å². The van der Waals surface area contributed by atoms with Crippen molar-refractivity contribution in [2.45, 2.75) is 13.3 Å². The van der Waals surface area contributed by atoms with Gasteiger partial charge in [0.25, 0.3) is 5.91 Å². The minimum absolute atomic E-state index is 0.218. The number of carbonyl (C=O) groups excluding carboxylic acids is 1. The number of amides is 1. The Labute approximate surface area is 128 Å². The van der Waals surface area contributed by atoms with Crippen LogP contribution in [0.25, 0.3) is 0 Å². The molecule has 1 unspecified atom stereocenters. The number of rotatable bonds is 4. The number of fused-ring (bicyclic) bond motifs is 1. The molecule has 22 heavy (non-hydrogen) atoms. The number of ether oxygens (including phenoxy) is 2. The van der Waals surface area contributed by atoms with Crippen LogP contribution in [-0.2, 0) is 6.42 Å². The summed E-state index contributed by atoms with van der Waals surface area (Å²) >= 11 is 0. The third kappa shape index (κ3) is 2.77. The summed E-state index contributed by atoms with van der Waals surface area (Å²) in [7, 11) is 1.63. The maximum Gasteiger partial charge on any atom is 0.273 e. The maximum atomic E-state index is 12.0. The van der Waals surface area contributed by atoms with Crippen molar-refractivity contribution in [1.29, 1.82) is 0 Å². The van der Waals surface area contributed by atoms with E-state index in [1.54, 1.807) is 14.0 Å². The smallest absolute Gasteiger partial charge is 0.273 e. The number of hydrogen-bond acceptors (Lipinski definition) is 5. The van der Waals surface area contributed by atoms with Crippen molar-refractivity contribution in [3.05, 3.63) is 41.6 Å². The summed E-state index contributed by atoms with van der Waals surface area (Å²) in [6, 6.07) is 5.85. The van der Waals surface area contributed by atoms with Gasteiger partial charge in [0.1, 0.15) is 5.76 Å². The third-order valence-electron chi connectivity index (χ3n) is 3.76. The fourth-order valence-electron chi connectivity index (χ4n) is 2.59. The van der Waals surface area contributed by atoms with E-state index in [2.05, 4.69) is 10.3 Å². The summed E-state index contributed by atoms with van der Waals surface area (Å²) in [4.78, 5) is 15.9. The molecule has 0 aliphatic carbocycles. The number of oxazole rings is 1. The largest absolute Gasteiger partial charge is 0.493 e. The summed E-state index contributed by atoms with van der Waals surface area (Å²) in [5, 5.41) is 2.88. The van der Waals surface area contributed by atoms with Crippen molar-refractivity contribution >= 4 is 5.91 Å². The Kier molecular flexibility index (Phi) is 4.00. The van der Waals surface area contributed by atoms with Gasteiger partial charge in [-0.25, -0.2) is 4.98 Å². The molecule has 1 aromatic heterocycles. The molecule has 116 valence electrons. The Morgan fingerprint density at radius 3 is 3.09 bits per heavy atom. The molecule has 0 saturated heterocycles. The van der Waals surface area contributed by atoms with Crippen LogP contribution in [-0.4, -0.2) is 31.2 Å². The number of para-hydroxylation sites is 1. The van der Waals surface area contributed by atoms with E-state index in [4.69, 9.17) is 13.9 Å². The highest BCUT2D eigenvalue weighted by Crippen LogP contribution is 2.35. The number of nitrogens with one attached hydrogen (secondary N) is 1. The van der Waals surface area contributed by atoms with E-state index in [1.807, 2.05) is 18.2 Å². The van der Waals surface area contributed by atoms with Crippen molar-refractivity contribution in [2.75, 3.05) is 20.3 Å². The SMILES string of the molecule is COc1cccc2c1OCC(CNC(=O)c1ncoc1C)C2. The summed E-state index contributed by atoms with van der Waals surface area (Å²) in [6.07, 6.45) is 2.11. The highest BCUT2D eigenvalue weighted by molar-refractivity contribution is 5.93. The number of nitrogens with zero attached hydrogens (tertiary/aromatic N) is 1. The quantitative estimate of drug-likeness (QED) is 0.934. The summed E-state index contributed by atoms with van der Waals surface area (Å²) in [5.41, 5.74) is 1.43. The van der Waals surface area contributed by atoms with Crippen LogP contribution in [0.3, 0.4) is 0 Å². The van der Waals surface area contributed by atoms with Crippen molar-refractivity contribution in [3.8, 4) is 11.5 Å². The van der Waals surface area contributed by atoms with Crippen molar-refractivity contribution in [1.82, 2.24) is 10.3 Å². The van der Waals surface area contributed by atoms with Gasteiger partial charge in [-0.1, -0.05) is 12.1 Å². The molecule has 2 aromatic rings. The molecule has 6 nitrogen and oxygen atoms in total. The molecule has 1 aromatic carbocycles. The van der Waals surface area contributed by atoms with E-state index in [0.717, 1.165) is 23.5 Å². The zero-order chi connectivity index (χ0) is 15.5. The van der Waals surface area contributed by atoms with Gasteiger partial charge < -0.3 is 19.2 Å². The molecule has 1 N–H and O–H groups in total. The molecular weight excluding hydrogens is 284 g/mol. The molecule has 0 fully saturated rings. The van der Waals surface area contributed by atoms with E-state index in [-0.39, 0.29) is 11.8 Å². The van der Waals surface area contributed by atoms with Gasteiger partial charge in [0.2, 0.25) is 0 Å². The van der Waals surface area contributed by atoms with Crippen molar-refractivity contribution < 1.29 is 18.7 Å². The third-order valence-corrected chi connectivity index (χ3v) is 3.76. The van der Waals surface area contributed by atoms with Gasteiger partial charge in [-0.05, 0) is 25.0 Å². The van der Waals surface area contributed by atoms with E-state index < -0.39 is 0 Å². The van der Waals surface area contributed by atoms with Crippen LogP contribution in [0.4, 0.5) is 0 Å². The number of methoxy groups -OCH3 is 1. The highest BCUT2D eigenvalue weighted by Gasteiger charge is 2.23. The monoisotopic (exact) mass is 302 g/mol. The van der Waals surface area contributed by atoms with E-state index in [9.17, 15) is 4.79 Å². The number of benzene rings is 1. The lowest BCUT2D eigenvalue weighted by atomic mass is 9.96. The molecule has 0 bridgehead atoms. The second-order valence-electron chi connectivity index (χ2n) is 5.30. The molecule has 6 heteroatoms. The minimum Gasteiger partial charge on any atom is -0.493 e. The van der Waals surface area contributed by atoms with Gasteiger partial charge in [0, 0.05) is 12.5 Å². The zero-order valence-corrected chi connectivity index (χ0v) is 12.6. The summed E-state index contributed by atoms with van der Waals surface area (Å²) in [6.45, 7) is 2.79. The fourth-order valence-corrected chi connectivity index (χ4v) is 2.59. The first kappa shape index (κ1) is 14.4. The van der Waals surface area contributed by atoms with Gasteiger partial charge in [-0.3, -0.25) is 4.79 Å². The highest BCUT2D eigenvalue weighted by atomic mass is 16.5. The van der Waals surface area contributed by atoms with E-state index >= 15 is 0 Å². The van der Waals surface area contributed by atoms with Gasteiger partial charge in [-0.15, -0.1) is 0 Å². The van der Waals surface area contributed by atoms with Gasteiger partial charge in [0.05, 0.1) is 13.7 Å². The fraction of sp³-hybridized carbons (Fsp3) is 0.375. The Balaban J connectivity index is 1.61. The van der Waals surface area contributed by atoms with Gasteiger partial charge in [-0.2, -0.15) is 0 Å². The average Bonchev–Trinajstić information content (AvgIpc) is 2.97. The lowest BCUT2D eigenvalue weighted by Crippen LogP contribution is -2.35. The van der Waals surface area contributed by atoms with Crippen LogP contribution in [0.1, 0.15) is 21.8 Å². The normalized spacial score (nSPS) is 16.5. The molecule has 0 saturated carbocycles. The number of hydrogen-bond donors (Lipinski definition) is 1. The summed E-state index contributed by atoms with van der Waals surface area (Å²) < 4.78 is 16.1. The number of aromatic nitrogens is 1. The average molecular weight is 302 g/mol. The minimum atomic E-state index is -0.220. The maximum absolute atomic E-state index is 12.0. The Hall–Kier alpha value is -2.50. The predicted molar refractivity (Wildman–Crippen MR) is 79.3 cm³/mol. The van der Waals surface area contributed by atoms with Crippen molar-refractivity contribution in [3.63, 3.8) is 0 Å². The molecular formula is C16H18N2O4. The second-order valence-corrected chi connectivity index (χ2v) is 5.30. The Bertz CT molecular complexity index is 681. The number of carbonyl (C=O) groups is 1. The van der Waals surface area contributed by atoms with Crippen LogP contribution in [0, 0.1) is 12.8 Å². The molecule has 1 aliphatic heterocycles. The molecule has 0 radical (unpaired) electrons. The van der Waals surface area contributed by atoms with Crippen LogP contribution >= 0.6 is 0 Å². The standard InChI is InChI=1S/C16H18N2O4/c1-10-14(18-9-22-10)16(19)17-7-11-6-12-4-3-5-13(20-2)15(12)21-8-11/h3-5,9,11H,6-8H2,1-2H3,(H,17,19). The Morgan fingerprint density at radius 2 is 2.36 bits per heavy atom. The van der Waals surface area contributed by atoms with Gasteiger partial charge >= 0.3 is 0 Å². The first-order chi connectivity index (χ1) is 10.7. The molecule has 1 aliphatic rings. The van der Waals surface area contributed by atoms with Crippen LogP contribution in [0.5, 0.6) is 11.5 Å². The Morgan fingerprint density at radius 1 is 1.50 bits per heavy atom. The lowest BCUT2D eigenvalue weighted by molar-refractivity contribution is 0.0932.